The number of amides is 3. The van der Waals surface area contributed by atoms with Crippen molar-refractivity contribution in [1.82, 2.24) is 4.90 Å². The van der Waals surface area contributed by atoms with Gasteiger partial charge in [0.2, 0.25) is 11.8 Å². The first-order valence-corrected chi connectivity index (χ1v) is 9.76. The maximum atomic E-state index is 13.0. The Hall–Kier alpha value is -3.07. The van der Waals surface area contributed by atoms with E-state index < -0.39 is 28.6 Å². The molecular weight excluding hydrogens is 435 g/mol. The van der Waals surface area contributed by atoms with E-state index in [1.807, 2.05) is 0 Å². The summed E-state index contributed by atoms with van der Waals surface area (Å²) in [5.41, 5.74) is -0.257. The zero-order valence-corrected chi connectivity index (χ0v) is 17.3. The Morgan fingerprint density at radius 1 is 1.19 bits per heavy atom. The molecule has 0 aliphatic carbocycles. The fraction of sp³-hybridized carbons (Fsp3) is 0.286. The number of rotatable bonds is 5. The summed E-state index contributed by atoms with van der Waals surface area (Å²) in [6.07, 6.45) is -3.46. The normalized spacial score (nSPS) is 14.0. The zero-order valence-electron chi connectivity index (χ0n) is 16.5. The summed E-state index contributed by atoms with van der Waals surface area (Å²) in [6, 6.07) is 9.54. The Balaban J connectivity index is 1.66. The summed E-state index contributed by atoms with van der Waals surface area (Å²) in [5.74, 6) is -1.15. The average Bonchev–Trinajstić information content (AvgIpc) is 3.14. The molecule has 3 amide bonds. The van der Waals surface area contributed by atoms with Crippen LogP contribution in [-0.4, -0.2) is 42.8 Å². The van der Waals surface area contributed by atoms with Crippen LogP contribution in [0.2, 0.25) is 5.02 Å². The van der Waals surface area contributed by atoms with Crippen LogP contribution in [0.5, 0.6) is 0 Å². The van der Waals surface area contributed by atoms with Gasteiger partial charge in [-0.2, -0.15) is 13.2 Å². The maximum absolute atomic E-state index is 13.0. The van der Waals surface area contributed by atoms with Crippen molar-refractivity contribution in [2.75, 3.05) is 30.4 Å². The van der Waals surface area contributed by atoms with E-state index in [4.69, 9.17) is 11.6 Å². The molecule has 3 rings (SSSR count). The van der Waals surface area contributed by atoms with Crippen molar-refractivity contribution >= 4 is 40.7 Å². The first kappa shape index (κ1) is 22.6. The predicted octanol–water partition coefficient (Wildman–Crippen LogP) is 4.20. The fourth-order valence-electron chi connectivity index (χ4n) is 3.26. The molecule has 31 heavy (non-hydrogen) atoms. The van der Waals surface area contributed by atoms with Crippen molar-refractivity contribution in [3.8, 4) is 0 Å². The van der Waals surface area contributed by atoms with Gasteiger partial charge in [0.15, 0.2) is 0 Å². The number of carbonyl (C=O) groups is 3. The lowest BCUT2D eigenvalue weighted by atomic mass is 10.1. The molecule has 164 valence electrons. The van der Waals surface area contributed by atoms with Gasteiger partial charge >= 0.3 is 6.18 Å². The van der Waals surface area contributed by atoms with Gasteiger partial charge in [-0.3, -0.25) is 14.4 Å². The highest BCUT2D eigenvalue weighted by molar-refractivity contribution is 6.31. The lowest BCUT2D eigenvalue weighted by Crippen LogP contribution is -2.35. The van der Waals surface area contributed by atoms with E-state index in [2.05, 4.69) is 5.32 Å². The Morgan fingerprint density at radius 2 is 1.94 bits per heavy atom. The number of anilines is 2. The molecule has 1 N–H and O–H groups in total. The monoisotopic (exact) mass is 453 g/mol. The van der Waals surface area contributed by atoms with E-state index in [0.29, 0.717) is 24.2 Å². The molecule has 6 nitrogen and oxygen atoms in total. The topological polar surface area (TPSA) is 69.7 Å². The number of hydrogen-bond acceptors (Lipinski definition) is 3. The van der Waals surface area contributed by atoms with Crippen LogP contribution in [0.1, 0.15) is 28.8 Å². The van der Waals surface area contributed by atoms with Crippen LogP contribution in [-0.2, 0) is 15.8 Å². The van der Waals surface area contributed by atoms with E-state index in [0.717, 1.165) is 23.5 Å². The number of nitrogens with zero attached hydrogens (tertiary/aromatic N) is 2. The van der Waals surface area contributed by atoms with Gasteiger partial charge in [-0.25, -0.2) is 0 Å². The third-order valence-corrected chi connectivity index (χ3v) is 5.09. The highest BCUT2D eigenvalue weighted by Crippen LogP contribution is 2.36. The number of hydrogen-bond donors (Lipinski definition) is 1. The smallest absolute Gasteiger partial charge is 0.332 e. The third kappa shape index (κ3) is 5.35. The van der Waals surface area contributed by atoms with Gasteiger partial charge in [-0.1, -0.05) is 17.7 Å². The summed E-state index contributed by atoms with van der Waals surface area (Å²) in [7, 11) is 1.40. The molecule has 1 aliphatic rings. The van der Waals surface area contributed by atoms with E-state index in [9.17, 15) is 27.6 Å². The Bertz CT molecular complexity index is 1030. The summed E-state index contributed by atoms with van der Waals surface area (Å²) in [5, 5.41) is 1.86. The van der Waals surface area contributed by atoms with Crippen molar-refractivity contribution in [3.05, 3.63) is 58.6 Å². The van der Waals surface area contributed by atoms with Crippen LogP contribution in [0.4, 0.5) is 24.5 Å². The largest absolute Gasteiger partial charge is 0.417 e. The van der Waals surface area contributed by atoms with Crippen molar-refractivity contribution in [2.45, 2.75) is 19.0 Å². The average molecular weight is 454 g/mol. The Kier molecular flexibility index (Phi) is 6.54. The summed E-state index contributed by atoms with van der Waals surface area (Å²) < 4.78 is 38.9. The van der Waals surface area contributed by atoms with Gasteiger partial charge < -0.3 is 15.1 Å². The number of likely N-dealkylation sites (N-methyl/N-ethyl adjacent to an activating group) is 1. The molecule has 0 radical (unpaired) electrons. The fourth-order valence-corrected chi connectivity index (χ4v) is 3.48. The van der Waals surface area contributed by atoms with Crippen molar-refractivity contribution in [1.29, 1.82) is 0 Å². The Morgan fingerprint density at radius 3 is 2.58 bits per heavy atom. The van der Waals surface area contributed by atoms with Gasteiger partial charge in [0.1, 0.15) is 0 Å². The molecule has 2 aromatic carbocycles. The molecule has 0 saturated carbocycles. The number of alkyl halides is 3. The van der Waals surface area contributed by atoms with Gasteiger partial charge in [-0.05, 0) is 42.8 Å². The lowest BCUT2D eigenvalue weighted by molar-refractivity contribution is -0.137. The number of benzene rings is 2. The number of halogens is 4. The van der Waals surface area contributed by atoms with E-state index >= 15 is 0 Å². The van der Waals surface area contributed by atoms with Crippen LogP contribution in [0.3, 0.4) is 0 Å². The molecule has 0 bridgehead atoms. The SMILES string of the molecule is CN(CC(=O)Nc1ccc(Cl)c(C(F)(F)F)c1)C(=O)c1cccc(N2CCCC2=O)c1. The molecule has 2 aromatic rings. The second kappa shape index (κ2) is 8.97. The van der Waals surface area contributed by atoms with Crippen LogP contribution in [0, 0.1) is 0 Å². The van der Waals surface area contributed by atoms with Crippen molar-refractivity contribution < 1.29 is 27.6 Å². The number of carbonyl (C=O) groups excluding carboxylic acids is 3. The van der Waals surface area contributed by atoms with Gasteiger partial charge in [0.25, 0.3) is 5.91 Å². The highest BCUT2D eigenvalue weighted by atomic mass is 35.5. The second-order valence-electron chi connectivity index (χ2n) is 7.10. The minimum Gasteiger partial charge on any atom is -0.332 e. The molecule has 0 spiro atoms. The van der Waals surface area contributed by atoms with Gasteiger partial charge in [-0.15, -0.1) is 0 Å². The lowest BCUT2D eigenvalue weighted by Gasteiger charge is -2.20. The molecule has 0 aromatic heterocycles. The highest BCUT2D eigenvalue weighted by Gasteiger charge is 2.33. The summed E-state index contributed by atoms with van der Waals surface area (Å²) in [6.45, 7) is 0.200. The molecule has 0 unspecified atom stereocenters. The van der Waals surface area contributed by atoms with Crippen LogP contribution in [0.25, 0.3) is 0 Å². The molecule has 10 heteroatoms. The Labute approximate surface area is 181 Å². The predicted molar refractivity (Wildman–Crippen MR) is 110 cm³/mol. The first-order valence-electron chi connectivity index (χ1n) is 9.39. The standard InChI is InChI=1S/C21H19ClF3N3O3/c1-27(12-18(29)26-14-7-8-17(22)16(11-14)21(23,24)25)20(31)13-4-2-5-15(10-13)28-9-3-6-19(28)30/h2,4-5,7-8,10-11H,3,6,9,12H2,1H3,(H,26,29). The van der Waals surface area contributed by atoms with E-state index in [-0.39, 0.29) is 18.1 Å². The van der Waals surface area contributed by atoms with Crippen molar-refractivity contribution in [3.63, 3.8) is 0 Å². The minimum atomic E-state index is -4.66. The van der Waals surface area contributed by atoms with Crippen LogP contribution < -0.4 is 10.2 Å². The first-order chi connectivity index (χ1) is 14.6. The number of nitrogens with one attached hydrogen (secondary N) is 1. The van der Waals surface area contributed by atoms with Crippen LogP contribution >= 0.6 is 11.6 Å². The molecule has 1 saturated heterocycles. The maximum Gasteiger partial charge on any atom is 0.417 e. The zero-order chi connectivity index (χ0) is 22.8. The minimum absolute atomic E-state index is 0.0153. The molecule has 0 atom stereocenters. The second-order valence-corrected chi connectivity index (χ2v) is 7.51. The van der Waals surface area contributed by atoms with Gasteiger partial charge in [0, 0.05) is 37.0 Å². The van der Waals surface area contributed by atoms with E-state index in [1.165, 1.54) is 13.1 Å². The summed E-state index contributed by atoms with van der Waals surface area (Å²) >= 11 is 5.57. The quantitative estimate of drug-likeness (QED) is 0.737. The molecule has 1 heterocycles. The van der Waals surface area contributed by atoms with E-state index in [1.54, 1.807) is 29.2 Å². The van der Waals surface area contributed by atoms with Crippen molar-refractivity contribution in [2.24, 2.45) is 0 Å². The van der Waals surface area contributed by atoms with Crippen LogP contribution in [0.15, 0.2) is 42.5 Å². The molecular formula is C21H19ClF3N3O3. The summed E-state index contributed by atoms with van der Waals surface area (Å²) in [4.78, 5) is 39.6. The molecule has 1 aliphatic heterocycles. The van der Waals surface area contributed by atoms with Gasteiger partial charge in [0.05, 0.1) is 17.1 Å². The molecule has 1 fully saturated rings. The third-order valence-electron chi connectivity index (χ3n) is 4.76.